The number of carbonyl (C=O) groups excluding carboxylic acids is 1. The number of thiazole rings is 1. The normalized spacial score (nSPS) is 10.2. The van der Waals surface area contributed by atoms with Crippen molar-refractivity contribution in [3.8, 4) is 22.8 Å². The summed E-state index contributed by atoms with van der Waals surface area (Å²) in [6, 6.07) is 5.51. The summed E-state index contributed by atoms with van der Waals surface area (Å²) in [5, 5.41) is 0.465. The van der Waals surface area contributed by atoms with Gasteiger partial charge in [0.05, 0.1) is 19.9 Å². The van der Waals surface area contributed by atoms with Gasteiger partial charge in [0.2, 0.25) is 0 Å². The van der Waals surface area contributed by atoms with E-state index in [4.69, 9.17) is 9.47 Å². The molecule has 0 spiro atoms. The molecule has 0 aliphatic rings. The summed E-state index contributed by atoms with van der Waals surface area (Å²) in [4.78, 5) is 16.0. The molecule has 0 N–H and O–H groups in total. The van der Waals surface area contributed by atoms with E-state index in [9.17, 15) is 4.79 Å². The van der Waals surface area contributed by atoms with Crippen LogP contribution in [-0.2, 0) is 0 Å². The van der Waals surface area contributed by atoms with E-state index >= 15 is 0 Å². The zero-order valence-corrected chi connectivity index (χ0v) is 11.2. The number of methoxy groups -OCH3 is 2. The molecule has 1 aromatic carbocycles. The summed E-state index contributed by atoms with van der Waals surface area (Å²) >= 11 is 1.37. The summed E-state index contributed by atoms with van der Waals surface area (Å²) in [7, 11) is 3.21. The molecule has 0 unspecified atom stereocenters. The highest BCUT2D eigenvalue weighted by Gasteiger charge is 2.14. The Morgan fingerprint density at radius 2 is 2.06 bits per heavy atom. The number of nitrogens with zero attached hydrogens (tertiary/aromatic N) is 1. The van der Waals surface area contributed by atoms with Crippen LogP contribution in [0, 0.1) is 6.92 Å². The van der Waals surface area contributed by atoms with E-state index in [1.165, 1.54) is 11.3 Å². The van der Waals surface area contributed by atoms with Gasteiger partial charge in [0.15, 0.2) is 11.3 Å². The van der Waals surface area contributed by atoms with E-state index in [0.29, 0.717) is 10.8 Å². The second-order valence-corrected chi connectivity index (χ2v) is 4.88. The van der Waals surface area contributed by atoms with E-state index in [1.807, 2.05) is 25.1 Å². The van der Waals surface area contributed by atoms with Crippen LogP contribution in [0.4, 0.5) is 0 Å². The second-order valence-electron chi connectivity index (χ2n) is 3.64. The van der Waals surface area contributed by atoms with Crippen LogP contribution in [0.1, 0.15) is 14.7 Å². The number of rotatable bonds is 4. The molecule has 18 heavy (non-hydrogen) atoms. The van der Waals surface area contributed by atoms with Crippen LogP contribution in [0.15, 0.2) is 18.2 Å². The maximum absolute atomic E-state index is 10.8. The number of aromatic nitrogens is 1. The van der Waals surface area contributed by atoms with E-state index < -0.39 is 0 Å². The summed E-state index contributed by atoms with van der Waals surface area (Å²) in [5.41, 5.74) is 1.59. The fourth-order valence-electron chi connectivity index (χ4n) is 1.72. The first kappa shape index (κ1) is 12.6. The molecule has 0 fully saturated rings. The summed E-state index contributed by atoms with van der Waals surface area (Å²) in [6.07, 6.45) is 0.758. The maximum Gasteiger partial charge on any atom is 0.178 e. The Morgan fingerprint density at radius 1 is 1.28 bits per heavy atom. The first-order valence-electron chi connectivity index (χ1n) is 5.34. The number of aldehydes is 1. The van der Waals surface area contributed by atoms with Gasteiger partial charge in [-0.3, -0.25) is 4.79 Å². The molecule has 2 aromatic rings. The number of ether oxygens (including phenoxy) is 2. The van der Waals surface area contributed by atoms with Gasteiger partial charge in [-0.1, -0.05) is 0 Å². The molecule has 1 heterocycles. The van der Waals surface area contributed by atoms with Gasteiger partial charge < -0.3 is 9.47 Å². The topological polar surface area (TPSA) is 48.4 Å². The molecular formula is C13H13NO3S. The number of carbonyl (C=O) groups is 1. The molecule has 0 bridgehead atoms. The first-order valence-corrected chi connectivity index (χ1v) is 6.16. The summed E-state index contributed by atoms with van der Waals surface area (Å²) in [5.74, 6) is 1.44. The molecule has 94 valence electrons. The molecule has 0 saturated carbocycles. The zero-order valence-electron chi connectivity index (χ0n) is 10.4. The van der Waals surface area contributed by atoms with Crippen molar-refractivity contribution in [2.24, 2.45) is 0 Å². The summed E-state index contributed by atoms with van der Waals surface area (Å²) < 4.78 is 10.5. The maximum atomic E-state index is 10.8. The van der Waals surface area contributed by atoms with Crippen LogP contribution < -0.4 is 9.47 Å². The van der Waals surface area contributed by atoms with E-state index in [0.717, 1.165) is 28.2 Å². The standard InChI is InChI=1S/C13H13NO3S/c1-8-13(14-12(7-15)18-8)10-6-9(16-2)4-5-11(10)17-3/h4-7H,1-3H3. The number of benzene rings is 1. The summed E-state index contributed by atoms with van der Waals surface area (Å²) in [6.45, 7) is 1.93. The fraction of sp³-hybridized carbons (Fsp3) is 0.231. The highest BCUT2D eigenvalue weighted by molar-refractivity contribution is 7.13. The van der Waals surface area contributed by atoms with Gasteiger partial charge in [-0.25, -0.2) is 4.98 Å². The molecule has 0 radical (unpaired) electrons. The zero-order chi connectivity index (χ0) is 13.1. The lowest BCUT2D eigenvalue weighted by atomic mass is 10.1. The number of aryl methyl sites for hydroxylation is 1. The van der Waals surface area contributed by atoms with Crippen LogP contribution >= 0.6 is 11.3 Å². The lowest BCUT2D eigenvalue weighted by molar-refractivity contribution is 0.112. The Hall–Kier alpha value is -1.88. The average molecular weight is 263 g/mol. The average Bonchev–Trinajstić information content (AvgIpc) is 2.79. The van der Waals surface area contributed by atoms with Crippen molar-refractivity contribution < 1.29 is 14.3 Å². The van der Waals surface area contributed by atoms with Crippen molar-refractivity contribution in [2.75, 3.05) is 14.2 Å². The van der Waals surface area contributed by atoms with Crippen LogP contribution in [0.25, 0.3) is 11.3 Å². The van der Waals surface area contributed by atoms with Crippen LogP contribution in [0.2, 0.25) is 0 Å². The van der Waals surface area contributed by atoms with Crippen molar-refractivity contribution >= 4 is 17.6 Å². The molecule has 0 aliphatic carbocycles. The van der Waals surface area contributed by atoms with Gasteiger partial charge in [0.1, 0.15) is 11.5 Å². The molecule has 0 atom stereocenters. The van der Waals surface area contributed by atoms with E-state index in [2.05, 4.69) is 4.98 Å². The molecule has 2 rings (SSSR count). The van der Waals surface area contributed by atoms with Crippen molar-refractivity contribution in [3.63, 3.8) is 0 Å². The second kappa shape index (κ2) is 5.18. The number of hydrogen-bond donors (Lipinski definition) is 0. The Labute approximate surface area is 109 Å². The molecule has 1 aromatic heterocycles. The van der Waals surface area contributed by atoms with Gasteiger partial charge in [-0.2, -0.15) is 0 Å². The predicted octanol–water partition coefficient (Wildman–Crippen LogP) is 2.95. The van der Waals surface area contributed by atoms with Gasteiger partial charge in [0.25, 0.3) is 0 Å². The highest BCUT2D eigenvalue weighted by atomic mass is 32.1. The Kier molecular flexibility index (Phi) is 3.62. The minimum atomic E-state index is 0.465. The van der Waals surface area contributed by atoms with Crippen LogP contribution in [0.5, 0.6) is 11.5 Å². The molecule has 4 nitrogen and oxygen atoms in total. The van der Waals surface area contributed by atoms with Crippen molar-refractivity contribution in [2.45, 2.75) is 6.92 Å². The van der Waals surface area contributed by atoms with Gasteiger partial charge in [0, 0.05) is 10.4 Å². The molecule has 0 saturated heterocycles. The predicted molar refractivity (Wildman–Crippen MR) is 70.8 cm³/mol. The monoisotopic (exact) mass is 263 g/mol. The van der Waals surface area contributed by atoms with Crippen LogP contribution in [-0.4, -0.2) is 25.5 Å². The number of hydrogen-bond acceptors (Lipinski definition) is 5. The smallest absolute Gasteiger partial charge is 0.178 e. The van der Waals surface area contributed by atoms with Gasteiger partial charge in [-0.15, -0.1) is 11.3 Å². The Morgan fingerprint density at radius 3 is 2.61 bits per heavy atom. The van der Waals surface area contributed by atoms with Crippen molar-refractivity contribution in [3.05, 3.63) is 28.1 Å². The molecule has 0 amide bonds. The first-order chi connectivity index (χ1) is 8.69. The van der Waals surface area contributed by atoms with Crippen LogP contribution in [0.3, 0.4) is 0 Å². The molecule has 5 heteroatoms. The van der Waals surface area contributed by atoms with E-state index in [1.54, 1.807) is 14.2 Å². The van der Waals surface area contributed by atoms with Crippen molar-refractivity contribution in [1.29, 1.82) is 0 Å². The largest absolute Gasteiger partial charge is 0.497 e. The lowest BCUT2D eigenvalue weighted by Crippen LogP contribution is -1.91. The minimum absolute atomic E-state index is 0.465. The third-order valence-corrected chi connectivity index (χ3v) is 3.47. The quantitative estimate of drug-likeness (QED) is 0.796. The highest BCUT2D eigenvalue weighted by Crippen LogP contribution is 2.36. The Bertz CT molecular complexity index is 578. The van der Waals surface area contributed by atoms with E-state index in [-0.39, 0.29) is 0 Å². The SMILES string of the molecule is COc1ccc(OC)c(-c2nc(C=O)sc2C)c1. The fourth-order valence-corrected chi connectivity index (χ4v) is 2.47. The third-order valence-electron chi connectivity index (χ3n) is 2.58. The molecule has 0 aliphatic heterocycles. The van der Waals surface area contributed by atoms with Crippen molar-refractivity contribution in [1.82, 2.24) is 4.98 Å². The molecular weight excluding hydrogens is 250 g/mol. The minimum Gasteiger partial charge on any atom is -0.497 e. The third kappa shape index (κ3) is 2.22. The van der Waals surface area contributed by atoms with Gasteiger partial charge >= 0.3 is 0 Å². The lowest BCUT2D eigenvalue weighted by Gasteiger charge is -2.09. The Balaban J connectivity index is 2.60. The van der Waals surface area contributed by atoms with Gasteiger partial charge in [-0.05, 0) is 25.1 Å².